The number of nitrogens with zero attached hydrogens (tertiary/aromatic N) is 2. The summed E-state index contributed by atoms with van der Waals surface area (Å²) in [5.41, 5.74) is 25.9. The molecular weight excluding hydrogens is 848 g/mol. The monoisotopic (exact) mass is 921 g/mol. The third-order valence-electron chi connectivity index (χ3n) is 21.5. The standard InChI is InChI=1S/C66H73BN2O/c1-39-31-45-58-57-49(63(9)25-15-16-27-65(58,63)11)33-40(60(2,3)4)34-51(57)67-50-24-22-42(35-53(50)68(54(32-39)59(45)67)41-21-23-44-43-19-13-14-20-55(43)70-56(44)36-41)69-52-38-47-46(61(5,6)29-30-62(47,7)8)37-48(52)64(10)26-17-18-28-66(64,69)12/h13-14,19-24,31-38,58H,15-18,25-30H2,1-12H3. The largest absolute Gasteiger partial charge is 0.456 e. The molecule has 70 heavy (non-hydrogen) atoms. The van der Waals surface area contributed by atoms with E-state index >= 15 is 0 Å². The molecule has 4 aliphatic carbocycles. The molecule has 356 valence electrons. The van der Waals surface area contributed by atoms with Gasteiger partial charge in [-0.3, -0.25) is 0 Å². The van der Waals surface area contributed by atoms with Crippen molar-refractivity contribution in [3.8, 4) is 0 Å². The molecule has 0 bridgehead atoms. The second kappa shape index (κ2) is 13.6. The van der Waals surface area contributed by atoms with Crippen LogP contribution in [0.5, 0.6) is 0 Å². The third-order valence-corrected chi connectivity index (χ3v) is 21.5. The van der Waals surface area contributed by atoms with Crippen molar-refractivity contribution >= 4 is 73.5 Å². The minimum Gasteiger partial charge on any atom is -0.456 e. The molecule has 6 aromatic carbocycles. The fraction of sp³-hybridized carbons (Fsp3) is 0.455. The first kappa shape index (κ1) is 43.6. The van der Waals surface area contributed by atoms with Gasteiger partial charge in [-0.15, -0.1) is 0 Å². The van der Waals surface area contributed by atoms with Crippen LogP contribution in [0, 0.1) is 12.3 Å². The van der Waals surface area contributed by atoms with Gasteiger partial charge >= 0.3 is 0 Å². The molecule has 14 rings (SSSR count). The number of fused-ring (bicyclic) bond motifs is 14. The molecule has 5 atom stereocenters. The van der Waals surface area contributed by atoms with Crippen molar-refractivity contribution in [2.45, 2.75) is 186 Å². The van der Waals surface area contributed by atoms with Crippen LogP contribution in [0.25, 0.3) is 21.9 Å². The Hall–Kier alpha value is -5.22. The summed E-state index contributed by atoms with van der Waals surface area (Å²) in [4.78, 5) is 5.56. The Bertz CT molecular complexity index is 3450. The van der Waals surface area contributed by atoms with Crippen LogP contribution in [-0.2, 0) is 27.1 Å². The van der Waals surface area contributed by atoms with E-state index in [9.17, 15) is 0 Å². The lowest BCUT2D eigenvalue weighted by atomic mass is 9.30. The summed E-state index contributed by atoms with van der Waals surface area (Å²) in [6.07, 6.45) is 12.5. The fourth-order valence-electron chi connectivity index (χ4n) is 17.0. The molecule has 3 nitrogen and oxygen atoms in total. The molecule has 2 fully saturated rings. The Kier molecular flexibility index (Phi) is 8.49. The second-order valence-corrected chi connectivity index (χ2v) is 27.1. The van der Waals surface area contributed by atoms with Crippen molar-refractivity contribution in [1.29, 1.82) is 0 Å². The van der Waals surface area contributed by atoms with Crippen molar-refractivity contribution < 1.29 is 4.42 Å². The van der Waals surface area contributed by atoms with E-state index < -0.39 is 0 Å². The molecule has 3 aliphatic heterocycles. The van der Waals surface area contributed by atoms with Crippen molar-refractivity contribution in [3.05, 3.63) is 142 Å². The lowest BCUT2D eigenvalue weighted by molar-refractivity contribution is 0.0925. The predicted octanol–water partition coefficient (Wildman–Crippen LogP) is 15.9. The van der Waals surface area contributed by atoms with E-state index in [1.807, 2.05) is 0 Å². The van der Waals surface area contributed by atoms with Gasteiger partial charge in [0, 0.05) is 56.6 Å². The maximum Gasteiger partial charge on any atom is 0.247 e. The van der Waals surface area contributed by atoms with Crippen LogP contribution < -0.4 is 26.2 Å². The molecule has 4 heteroatoms. The summed E-state index contributed by atoms with van der Waals surface area (Å²) < 4.78 is 6.75. The number of hydrogen-bond acceptors (Lipinski definition) is 3. The van der Waals surface area contributed by atoms with E-state index in [-0.39, 0.29) is 44.7 Å². The van der Waals surface area contributed by atoms with Gasteiger partial charge in [0.25, 0.3) is 0 Å². The van der Waals surface area contributed by atoms with Gasteiger partial charge in [0.1, 0.15) is 11.2 Å². The highest BCUT2D eigenvalue weighted by atomic mass is 16.3. The minimum absolute atomic E-state index is 0.0189. The quantitative estimate of drug-likeness (QED) is 0.161. The van der Waals surface area contributed by atoms with Crippen LogP contribution in [0.4, 0.5) is 28.4 Å². The molecule has 4 heterocycles. The minimum atomic E-state index is -0.0739. The highest BCUT2D eigenvalue weighted by Crippen LogP contribution is 2.68. The molecule has 5 unspecified atom stereocenters. The average molecular weight is 921 g/mol. The van der Waals surface area contributed by atoms with Crippen LogP contribution in [-0.4, -0.2) is 12.3 Å². The van der Waals surface area contributed by atoms with Crippen molar-refractivity contribution in [3.63, 3.8) is 0 Å². The third kappa shape index (κ3) is 5.29. The number of para-hydroxylation sites is 1. The van der Waals surface area contributed by atoms with Gasteiger partial charge in [0.05, 0.1) is 5.54 Å². The molecule has 7 aliphatic rings. The van der Waals surface area contributed by atoms with E-state index in [2.05, 4.69) is 190 Å². The molecule has 0 radical (unpaired) electrons. The Morgan fingerprint density at radius 1 is 0.557 bits per heavy atom. The molecule has 0 amide bonds. The summed E-state index contributed by atoms with van der Waals surface area (Å²) in [6.45, 7) is 30.4. The number of aryl methyl sites for hydroxylation is 1. The van der Waals surface area contributed by atoms with E-state index in [0.717, 1.165) is 11.2 Å². The lowest BCUT2D eigenvalue weighted by Crippen LogP contribution is -2.62. The predicted molar refractivity (Wildman–Crippen MR) is 297 cm³/mol. The van der Waals surface area contributed by atoms with E-state index in [0.29, 0.717) is 5.92 Å². The topological polar surface area (TPSA) is 19.6 Å². The molecule has 1 aromatic heterocycles. The zero-order valence-corrected chi connectivity index (χ0v) is 44.3. The first-order chi connectivity index (χ1) is 33.2. The van der Waals surface area contributed by atoms with E-state index in [4.69, 9.17) is 4.42 Å². The van der Waals surface area contributed by atoms with Gasteiger partial charge in [0.2, 0.25) is 6.71 Å². The van der Waals surface area contributed by atoms with Crippen LogP contribution >= 0.6 is 0 Å². The summed E-state index contributed by atoms with van der Waals surface area (Å²) in [7, 11) is 0. The van der Waals surface area contributed by atoms with E-state index in [1.54, 1.807) is 38.8 Å². The maximum atomic E-state index is 6.75. The molecule has 0 saturated heterocycles. The summed E-state index contributed by atoms with van der Waals surface area (Å²) in [5.74, 6) is 0.354. The maximum absolute atomic E-state index is 6.75. The normalized spacial score (nSPS) is 28.5. The van der Waals surface area contributed by atoms with Gasteiger partial charge in [-0.25, -0.2) is 0 Å². The van der Waals surface area contributed by atoms with Gasteiger partial charge in [-0.2, -0.15) is 0 Å². The molecule has 0 N–H and O–H groups in total. The SMILES string of the molecule is Cc1cc2c3c(c1)N(c1ccc4c(c1)oc1ccccc14)c1cc(N4c5cc6c(cc5C5(C)CCCCC45C)C(C)(C)CCC6(C)C)ccc1B3c1cc(C(C)(C)C)cc3c1C2C1(C)CCCCC31C. The zero-order valence-electron chi connectivity index (χ0n) is 44.3. The highest BCUT2D eigenvalue weighted by Gasteiger charge is 2.63. The lowest BCUT2D eigenvalue weighted by Gasteiger charge is -2.51. The highest BCUT2D eigenvalue weighted by molar-refractivity contribution is 6.99. The van der Waals surface area contributed by atoms with Crippen molar-refractivity contribution in [1.82, 2.24) is 0 Å². The zero-order chi connectivity index (χ0) is 48.4. The number of hydrogen-bond donors (Lipinski definition) is 0. The van der Waals surface area contributed by atoms with Crippen LogP contribution in [0.3, 0.4) is 0 Å². The Morgan fingerprint density at radius 2 is 1.24 bits per heavy atom. The van der Waals surface area contributed by atoms with Crippen LogP contribution in [0.2, 0.25) is 0 Å². The molecule has 2 saturated carbocycles. The van der Waals surface area contributed by atoms with Crippen LogP contribution in [0.15, 0.2) is 101 Å². The van der Waals surface area contributed by atoms with Crippen molar-refractivity contribution in [2.75, 3.05) is 9.80 Å². The summed E-state index contributed by atoms with van der Waals surface area (Å²) in [5, 5.41) is 2.35. The van der Waals surface area contributed by atoms with Gasteiger partial charge in [0.15, 0.2) is 0 Å². The van der Waals surface area contributed by atoms with Gasteiger partial charge in [-0.05, 0) is 177 Å². The number of benzene rings is 6. The fourth-order valence-corrected chi connectivity index (χ4v) is 17.0. The van der Waals surface area contributed by atoms with Gasteiger partial charge < -0.3 is 14.2 Å². The van der Waals surface area contributed by atoms with Gasteiger partial charge in [-0.1, -0.05) is 149 Å². The number of rotatable bonds is 2. The number of anilines is 5. The van der Waals surface area contributed by atoms with Crippen LogP contribution in [0.1, 0.15) is 191 Å². The molecular formula is C66H73BN2O. The summed E-state index contributed by atoms with van der Waals surface area (Å²) >= 11 is 0. The number of furan rings is 1. The summed E-state index contributed by atoms with van der Waals surface area (Å²) in [6, 6.07) is 39.4. The second-order valence-electron chi connectivity index (χ2n) is 27.1. The van der Waals surface area contributed by atoms with Crippen molar-refractivity contribution in [2.24, 2.45) is 5.41 Å². The average Bonchev–Trinajstić information content (AvgIpc) is 3.86. The van der Waals surface area contributed by atoms with E-state index in [1.165, 1.54) is 125 Å². The first-order valence-corrected chi connectivity index (χ1v) is 27.4. The molecule has 7 aromatic rings. The Labute approximate surface area is 418 Å². The smallest absolute Gasteiger partial charge is 0.247 e. The Balaban J connectivity index is 1.07. The molecule has 0 spiro atoms. The Morgan fingerprint density at radius 3 is 2.01 bits per heavy atom. The first-order valence-electron chi connectivity index (χ1n) is 27.4.